The summed E-state index contributed by atoms with van der Waals surface area (Å²) in [6.45, 7) is 0.574. The molecule has 0 bridgehead atoms. The number of piperidine rings is 1. The zero-order valence-corrected chi connectivity index (χ0v) is 15.0. The van der Waals surface area contributed by atoms with Gasteiger partial charge in [-0.3, -0.25) is 0 Å². The van der Waals surface area contributed by atoms with Crippen LogP contribution in [0.15, 0.2) is 48.7 Å². The first kappa shape index (κ1) is 18.3. The van der Waals surface area contributed by atoms with Crippen molar-refractivity contribution in [2.45, 2.75) is 49.9 Å². The molecule has 0 amide bonds. The van der Waals surface area contributed by atoms with E-state index in [1.54, 1.807) is 0 Å². The molecule has 144 valence electrons. The Hall–Kier alpha value is -2.08. The summed E-state index contributed by atoms with van der Waals surface area (Å²) in [6, 6.07) is 12.4. The Labute approximate surface area is 156 Å². The van der Waals surface area contributed by atoms with Gasteiger partial charge < -0.3 is 10.0 Å². The molecule has 1 N–H and O–H groups in total. The third kappa shape index (κ3) is 3.31. The van der Waals surface area contributed by atoms with Crippen LogP contribution in [-0.4, -0.2) is 22.7 Å². The molecule has 4 rings (SSSR count). The van der Waals surface area contributed by atoms with Crippen molar-refractivity contribution in [3.63, 3.8) is 0 Å². The molecule has 1 aliphatic heterocycles. The Morgan fingerprint density at radius 3 is 2.44 bits per heavy atom. The van der Waals surface area contributed by atoms with E-state index in [1.807, 2.05) is 30.3 Å². The van der Waals surface area contributed by atoms with Gasteiger partial charge in [0.2, 0.25) is 0 Å². The maximum absolute atomic E-state index is 12.8. The number of alkyl halides is 3. The van der Waals surface area contributed by atoms with Crippen LogP contribution in [0, 0.1) is 5.92 Å². The second-order valence-corrected chi connectivity index (χ2v) is 7.59. The van der Waals surface area contributed by atoms with Crippen molar-refractivity contribution in [1.82, 2.24) is 4.98 Å². The summed E-state index contributed by atoms with van der Waals surface area (Å²) in [7, 11) is 0. The van der Waals surface area contributed by atoms with Gasteiger partial charge in [-0.25, -0.2) is 4.98 Å². The van der Waals surface area contributed by atoms with E-state index in [-0.39, 0.29) is 12.0 Å². The minimum absolute atomic E-state index is 0.0477. The first-order valence-corrected chi connectivity index (χ1v) is 9.47. The average Bonchev–Trinajstić information content (AvgIpc) is 2.69. The molecule has 0 spiro atoms. The Bertz CT molecular complexity index is 778. The monoisotopic (exact) mass is 376 g/mol. The van der Waals surface area contributed by atoms with E-state index in [0.29, 0.717) is 18.8 Å². The van der Waals surface area contributed by atoms with Crippen LogP contribution in [0.5, 0.6) is 0 Å². The molecule has 0 radical (unpaired) electrons. The molecular formula is C21H23F3N2O. The van der Waals surface area contributed by atoms with E-state index in [4.69, 9.17) is 0 Å². The number of pyridine rings is 1. The summed E-state index contributed by atoms with van der Waals surface area (Å²) in [5.41, 5.74) is -0.694. The topological polar surface area (TPSA) is 36.4 Å². The van der Waals surface area contributed by atoms with E-state index in [1.165, 1.54) is 6.07 Å². The van der Waals surface area contributed by atoms with Crippen molar-refractivity contribution >= 4 is 5.82 Å². The highest BCUT2D eigenvalue weighted by atomic mass is 19.4. The maximum atomic E-state index is 12.8. The molecule has 2 heterocycles. The maximum Gasteiger partial charge on any atom is 0.417 e. The fraction of sp³-hybridized carbons (Fsp3) is 0.476. The zero-order valence-electron chi connectivity index (χ0n) is 15.0. The van der Waals surface area contributed by atoms with Gasteiger partial charge in [0, 0.05) is 24.7 Å². The van der Waals surface area contributed by atoms with Crippen LogP contribution in [0.25, 0.3) is 0 Å². The normalized spacial score (nSPS) is 28.7. The molecule has 1 saturated carbocycles. The first-order chi connectivity index (χ1) is 12.9. The van der Waals surface area contributed by atoms with Gasteiger partial charge in [0.25, 0.3) is 0 Å². The summed E-state index contributed by atoms with van der Waals surface area (Å²) in [5.74, 6) is 0.613. The lowest BCUT2D eigenvalue weighted by molar-refractivity contribution is -0.137. The second-order valence-electron chi connectivity index (χ2n) is 7.59. The second kappa shape index (κ2) is 6.82. The third-order valence-electron chi connectivity index (χ3n) is 6.12. The fourth-order valence-corrected chi connectivity index (χ4v) is 4.78. The van der Waals surface area contributed by atoms with Gasteiger partial charge in [-0.15, -0.1) is 0 Å². The Morgan fingerprint density at radius 1 is 1.04 bits per heavy atom. The lowest BCUT2D eigenvalue weighted by Gasteiger charge is -2.53. The molecule has 3 atom stereocenters. The zero-order chi connectivity index (χ0) is 19.1. The van der Waals surface area contributed by atoms with Crippen LogP contribution in [0.3, 0.4) is 0 Å². The minimum Gasteiger partial charge on any atom is -0.385 e. The highest BCUT2D eigenvalue weighted by molar-refractivity contribution is 5.44. The summed E-state index contributed by atoms with van der Waals surface area (Å²) in [4.78, 5) is 6.20. The van der Waals surface area contributed by atoms with Crippen molar-refractivity contribution in [3.05, 3.63) is 59.8 Å². The standard InChI is InChI=1S/C21H23F3N2O/c22-21(23,24)16-10-11-19(25-14-16)26-13-12-20(27,15-6-2-1-3-7-15)17-8-4-5-9-18(17)26/h1-3,6-7,10-11,14,17-18,27H,4-5,8-9,12-13H2/t17-,18+,20?/m0/s1. The molecule has 2 aliphatic rings. The van der Waals surface area contributed by atoms with Crippen LogP contribution in [0.1, 0.15) is 43.2 Å². The van der Waals surface area contributed by atoms with E-state index in [0.717, 1.165) is 43.5 Å². The van der Waals surface area contributed by atoms with Crippen molar-refractivity contribution in [1.29, 1.82) is 0 Å². The van der Waals surface area contributed by atoms with Gasteiger partial charge in [-0.1, -0.05) is 43.2 Å². The highest BCUT2D eigenvalue weighted by Crippen LogP contribution is 2.47. The molecule has 3 nitrogen and oxygen atoms in total. The van der Waals surface area contributed by atoms with Gasteiger partial charge in [-0.2, -0.15) is 13.2 Å². The SMILES string of the molecule is OC1(c2ccccc2)CCN(c2ccc(C(F)(F)F)cn2)[C@@H]2CCCC[C@@H]21. The van der Waals surface area contributed by atoms with Gasteiger partial charge >= 0.3 is 6.18 Å². The summed E-state index contributed by atoms with van der Waals surface area (Å²) < 4.78 is 38.5. The number of hydrogen-bond acceptors (Lipinski definition) is 3. The summed E-state index contributed by atoms with van der Waals surface area (Å²) >= 11 is 0. The van der Waals surface area contributed by atoms with Crippen molar-refractivity contribution in [3.8, 4) is 0 Å². The van der Waals surface area contributed by atoms with E-state index >= 15 is 0 Å². The van der Waals surface area contributed by atoms with Crippen molar-refractivity contribution in [2.24, 2.45) is 5.92 Å². The molecule has 27 heavy (non-hydrogen) atoms. The van der Waals surface area contributed by atoms with Crippen LogP contribution >= 0.6 is 0 Å². The summed E-state index contributed by atoms with van der Waals surface area (Å²) in [5, 5.41) is 11.6. The van der Waals surface area contributed by atoms with Gasteiger partial charge in [0.05, 0.1) is 11.2 Å². The Kier molecular flexibility index (Phi) is 4.62. The number of anilines is 1. The van der Waals surface area contributed by atoms with E-state index in [9.17, 15) is 18.3 Å². The third-order valence-corrected chi connectivity index (χ3v) is 6.12. The van der Waals surface area contributed by atoms with Gasteiger partial charge in [0.15, 0.2) is 0 Å². The number of rotatable bonds is 2. The van der Waals surface area contributed by atoms with Crippen molar-refractivity contribution < 1.29 is 18.3 Å². The quantitative estimate of drug-likeness (QED) is 0.821. The minimum atomic E-state index is -4.38. The van der Waals surface area contributed by atoms with Gasteiger partial charge in [-0.05, 0) is 37.0 Å². The van der Waals surface area contributed by atoms with E-state index < -0.39 is 17.3 Å². The van der Waals surface area contributed by atoms with Crippen LogP contribution < -0.4 is 4.90 Å². The molecule has 1 aromatic carbocycles. The van der Waals surface area contributed by atoms with Crippen LogP contribution in [0.2, 0.25) is 0 Å². The number of benzene rings is 1. The molecule has 1 aromatic heterocycles. The number of halogens is 3. The predicted molar refractivity (Wildman–Crippen MR) is 97.3 cm³/mol. The number of fused-ring (bicyclic) bond motifs is 1. The lowest BCUT2D eigenvalue weighted by Crippen LogP contribution is -2.57. The Balaban J connectivity index is 1.64. The fourth-order valence-electron chi connectivity index (χ4n) is 4.78. The Morgan fingerprint density at radius 2 is 1.78 bits per heavy atom. The lowest BCUT2D eigenvalue weighted by atomic mass is 9.66. The number of aromatic nitrogens is 1. The first-order valence-electron chi connectivity index (χ1n) is 9.47. The van der Waals surface area contributed by atoms with Gasteiger partial charge in [0.1, 0.15) is 5.82 Å². The summed E-state index contributed by atoms with van der Waals surface area (Å²) in [6.07, 6.45) is 1.02. The molecule has 2 aromatic rings. The average molecular weight is 376 g/mol. The number of hydrogen-bond donors (Lipinski definition) is 1. The molecular weight excluding hydrogens is 353 g/mol. The molecule has 1 unspecified atom stereocenters. The largest absolute Gasteiger partial charge is 0.417 e. The predicted octanol–water partition coefficient (Wildman–Crippen LogP) is 4.76. The number of nitrogens with zero attached hydrogens (tertiary/aromatic N) is 2. The van der Waals surface area contributed by atoms with Crippen molar-refractivity contribution in [2.75, 3.05) is 11.4 Å². The molecule has 6 heteroatoms. The number of aliphatic hydroxyl groups is 1. The van der Waals surface area contributed by atoms with Crippen LogP contribution in [0.4, 0.5) is 19.0 Å². The smallest absolute Gasteiger partial charge is 0.385 e. The van der Waals surface area contributed by atoms with Crippen LogP contribution in [-0.2, 0) is 11.8 Å². The van der Waals surface area contributed by atoms with E-state index in [2.05, 4.69) is 9.88 Å². The molecule has 2 fully saturated rings. The molecule has 1 saturated heterocycles. The molecule has 1 aliphatic carbocycles. The highest BCUT2D eigenvalue weighted by Gasteiger charge is 2.49.